The van der Waals surface area contributed by atoms with Gasteiger partial charge in [-0.25, -0.2) is 0 Å². The number of ether oxygens (including phenoxy) is 2. The van der Waals surface area contributed by atoms with Crippen molar-refractivity contribution in [2.75, 3.05) is 54.1 Å². The molecule has 0 rings (SSSR count). The van der Waals surface area contributed by atoms with Crippen molar-refractivity contribution in [3.8, 4) is 0 Å². The fourth-order valence-electron chi connectivity index (χ4n) is 6.80. The predicted molar refractivity (Wildman–Crippen MR) is 268 cm³/mol. The number of hydrogen-bond acceptors (Lipinski definition) is 7. The molecule has 0 saturated carbocycles. The summed E-state index contributed by atoms with van der Waals surface area (Å²) in [5, 5.41) is 0. The van der Waals surface area contributed by atoms with Crippen LogP contribution in [0.15, 0.2) is 72.9 Å². The molecular weight excluding hydrogens is 806 g/mol. The first-order chi connectivity index (χ1) is 30.6. The van der Waals surface area contributed by atoms with Crippen molar-refractivity contribution in [3.63, 3.8) is 0 Å². The molecular formula is C54H98NO7P. The van der Waals surface area contributed by atoms with Crippen molar-refractivity contribution in [2.24, 2.45) is 0 Å². The Labute approximate surface area is 389 Å². The molecule has 0 radical (unpaired) electrons. The third-order valence-corrected chi connectivity index (χ3v) is 11.7. The molecule has 0 fully saturated rings. The molecule has 0 spiro atoms. The van der Waals surface area contributed by atoms with Crippen LogP contribution in [0.25, 0.3) is 0 Å². The lowest BCUT2D eigenvalue weighted by atomic mass is 10.1. The number of likely N-dealkylation sites (N-methyl/N-ethyl adjacent to an activating group) is 1. The standard InChI is InChI=1S/C54H98NO7P/c1-6-8-10-12-14-16-18-20-22-24-26-27-28-30-32-34-36-38-40-42-44-46-49-59-51-53(52-61-63(57,58)60-50-48-55(3,4)5)62-54(56)47-45-43-41-39-37-35-33-31-29-25-23-21-19-17-15-13-11-9-7-2/h9,11,15,17-18,20-21,23-24,26,29,31,53H,6-8,10,12-14,16,19,22,25,27-28,30,32-52H2,1-5H3/b11-9-,17-15-,20-18-,23-21-,26-24-,31-29-. The Morgan fingerprint density at radius 2 is 0.921 bits per heavy atom. The highest BCUT2D eigenvalue weighted by atomic mass is 31.2. The predicted octanol–water partition coefficient (Wildman–Crippen LogP) is 15.2. The lowest BCUT2D eigenvalue weighted by Gasteiger charge is -2.28. The van der Waals surface area contributed by atoms with E-state index in [4.69, 9.17) is 18.5 Å². The van der Waals surface area contributed by atoms with Gasteiger partial charge in [0.25, 0.3) is 7.82 Å². The highest BCUT2D eigenvalue weighted by Gasteiger charge is 2.20. The fourth-order valence-corrected chi connectivity index (χ4v) is 7.53. The topological polar surface area (TPSA) is 94.1 Å². The van der Waals surface area contributed by atoms with Crippen LogP contribution < -0.4 is 4.89 Å². The number of allylic oxidation sites excluding steroid dienone is 12. The van der Waals surface area contributed by atoms with Gasteiger partial charge in [0, 0.05) is 13.0 Å². The zero-order valence-corrected chi connectivity index (χ0v) is 42.4. The maximum atomic E-state index is 12.7. The zero-order chi connectivity index (χ0) is 46.2. The Balaban J connectivity index is 4.18. The molecule has 0 N–H and O–H groups in total. The van der Waals surface area contributed by atoms with Crippen molar-refractivity contribution in [2.45, 2.75) is 213 Å². The van der Waals surface area contributed by atoms with Crippen LogP contribution in [0.4, 0.5) is 0 Å². The van der Waals surface area contributed by atoms with Gasteiger partial charge in [0.1, 0.15) is 19.3 Å². The van der Waals surface area contributed by atoms with Gasteiger partial charge in [-0.3, -0.25) is 9.36 Å². The van der Waals surface area contributed by atoms with Crippen LogP contribution in [-0.2, 0) is 27.9 Å². The molecule has 0 aromatic carbocycles. The van der Waals surface area contributed by atoms with Crippen LogP contribution >= 0.6 is 7.82 Å². The molecule has 0 heterocycles. The SMILES string of the molecule is CC/C=C\C/C=C\C/C=C\C/C=C\CCCCCCCCC(=O)OC(COCCCCCCCCCCCC/C=C\C/C=C\CCCCCCC)COP(=O)([O-])OCC[N+](C)(C)C. The Bertz CT molecular complexity index is 1230. The lowest BCUT2D eigenvalue weighted by Crippen LogP contribution is -2.37. The van der Waals surface area contributed by atoms with Gasteiger partial charge in [-0.05, 0) is 83.5 Å². The molecule has 0 aromatic rings. The second-order valence-corrected chi connectivity index (χ2v) is 19.6. The molecule has 0 aliphatic heterocycles. The normalized spacial score (nSPS) is 14.2. The van der Waals surface area contributed by atoms with Crippen LogP contribution in [0.1, 0.15) is 206 Å². The number of unbranched alkanes of at least 4 members (excludes halogenated alkanes) is 21. The summed E-state index contributed by atoms with van der Waals surface area (Å²) < 4.78 is 34.7. The van der Waals surface area contributed by atoms with Gasteiger partial charge in [0.05, 0.1) is 34.4 Å². The number of carbonyl (C=O) groups excluding carboxylic acids is 1. The van der Waals surface area contributed by atoms with Gasteiger partial charge in [-0.15, -0.1) is 0 Å². The van der Waals surface area contributed by atoms with Crippen molar-refractivity contribution >= 4 is 13.8 Å². The molecule has 8 nitrogen and oxygen atoms in total. The van der Waals surface area contributed by atoms with Crippen LogP contribution in [0.2, 0.25) is 0 Å². The second kappa shape index (κ2) is 46.5. The number of nitrogens with zero attached hydrogens (tertiary/aromatic N) is 1. The molecule has 0 bridgehead atoms. The zero-order valence-electron chi connectivity index (χ0n) is 41.5. The average Bonchev–Trinajstić information content (AvgIpc) is 3.24. The molecule has 0 aliphatic carbocycles. The van der Waals surface area contributed by atoms with Gasteiger partial charge in [0.15, 0.2) is 0 Å². The fraction of sp³-hybridized carbons (Fsp3) is 0.759. The molecule has 2 atom stereocenters. The number of rotatable bonds is 47. The lowest BCUT2D eigenvalue weighted by molar-refractivity contribution is -0.870. The minimum Gasteiger partial charge on any atom is -0.756 e. The van der Waals surface area contributed by atoms with Crippen LogP contribution in [0, 0.1) is 0 Å². The molecule has 0 amide bonds. The van der Waals surface area contributed by atoms with Crippen LogP contribution in [0.5, 0.6) is 0 Å². The minimum atomic E-state index is -4.54. The number of carbonyl (C=O) groups is 1. The summed E-state index contributed by atoms with van der Waals surface area (Å²) in [7, 11) is 1.34. The summed E-state index contributed by atoms with van der Waals surface area (Å²) in [4.78, 5) is 25.2. The van der Waals surface area contributed by atoms with Crippen molar-refractivity contribution in [1.29, 1.82) is 0 Å². The van der Waals surface area contributed by atoms with E-state index < -0.39 is 13.9 Å². The number of phosphoric acid groups is 1. The van der Waals surface area contributed by atoms with E-state index in [1.807, 2.05) is 21.1 Å². The summed E-state index contributed by atoms with van der Waals surface area (Å²) in [5.41, 5.74) is 0. The Hall–Kier alpha value is -2.06. The number of phosphoric ester groups is 1. The van der Waals surface area contributed by atoms with Gasteiger partial charge >= 0.3 is 5.97 Å². The molecule has 9 heteroatoms. The first kappa shape index (κ1) is 60.9. The van der Waals surface area contributed by atoms with Crippen LogP contribution in [-0.4, -0.2) is 70.7 Å². The smallest absolute Gasteiger partial charge is 0.306 e. The van der Waals surface area contributed by atoms with Crippen molar-refractivity contribution < 1.29 is 37.3 Å². The minimum absolute atomic E-state index is 0.0192. The monoisotopic (exact) mass is 904 g/mol. The maximum Gasteiger partial charge on any atom is 0.306 e. The Kier molecular flexibility index (Phi) is 44.9. The van der Waals surface area contributed by atoms with Gasteiger partial charge in [-0.1, -0.05) is 189 Å². The third-order valence-electron chi connectivity index (χ3n) is 10.7. The van der Waals surface area contributed by atoms with Crippen molar-refractivity contribution in [3.05, 3.63) is 72.9 Å². The highest BCUT2D eigenvalue weighted by Crippen LogP contribution is 2.38. The summed E-state index contributed by atoms with van der Waals surface area (Å²) in [5.74, 6) is -0.350. The molecule has 0 aromatic heterocycles. The van der Waals surface area contributed by atoms with E-state index in [-0.39, 0.29) is 25.8 Å². The number of hydrogen-bond donors (Lipinski definition) is 0. The van der Waals surface area contributed by atoms with Gasteiger partial charge < -0.3 is 27.9 Å². The Morgan fingerprint density at radius 3 is 1.38 bits per heavy atom. The quantitative estimate of drug-likeness (QED) is 0.0197. The molecule has 2 unspecified atom stereocenters. The van der Waals surface area contributed by atoms with E-state index in [2.05, 4.69) is 86.8 Å². The largest absolute Gasteiger partial charge is 0.756 e. The van der Waals surface area contributed by atoms with E-state index in [9.17, 15) is 14.3 Å². The van der Waals surface area contributed by atoms with Crippen LogP contribution in [0.3, 0.4) is 0 Å². The van der Waals surface area contributed by atoms with E-state index >= 15 is 0 Å². The molecule has 63 heavy (non-hydrogen) atoms. The highest BCUT2D eigenvalue weighted by molar-refractivity contribution is 7.45. The number of quaternary nitrogens is 1. The summed E-state index contributed by atoms with van der Waals surface area (Å²) in [6.07, 6.45) is 60.6. The van der Waals surface area contributed by atoms with E-state index in [1.165, 1.54) is 109 Å². The summed E-state index contributed by atoms with van der Waals surface area (Å²) in [6.45, 7) is 5.27. The van der Waals surface area contributed by atoms with Crippen molar-refractivity contribution in [1.82, 2.24) is 0 Å². The summed E-state index contributed by atoms with van der Waals surface area (Å²) >= 11 is 0. The van der Waals surface area contributed by atoms with E-state index in [0.29, 0.717) is 24.1 Å². The first-order valence-electron chi connectivity index (χ1n) is 25.7. The second-order valence-electron chi connectivity index (χ2n) is 18.1. The van der Waals surface area contributed by atoms with E-state index in [0.717, 1.165) is 77.0 Å². The third kappa shape index (κ3) is 50.8. The molecule has 0 saturated heterocycles. The van der Waals surface area contributed by atoms with Gasteiger partial charge in [0.2, 0.25) is 0 Å². The molecule has 366 valence electrons. The van der Waals surface area contributed by atoms with Gasteiger partial charge in [-0.2, -0.15) is 0 Å². The number of esters is 1. The Morgan fingerprint density at radius 1 is 0.508 bits per heavy atom. The van der Waals surface area contributed by atoms with E-state index in [1.54, 1.807) is 0 Å². The average molecular weight is 904 g/mol. The molecule has 0 aliphatic rings. The maximum absolute atomic E-state index is 12.7. The summed E-state index contributed by atoms with van der Waals surface area (Å²) in [6, 6.07) is 0. The first-order valence-corrected chi connectivity index (χ1v) is 27.1.